The van der Waals surface area contributed by atoms with Gasteiger partial charge in [0.25, 0.3) is 5.91 Å². The van der Waals surface area contributed by atoms with Gasteiger partial charge in [-0.25, -0.2) is 4.98 Å². The van der Waals surface area contributed by atoms with Crippen LogP contribution in [0, 0.1) is 6.92 Å². The van der Waals surface area contributed by atoms with Crippen molar-refractivity contribution in [3.05, 3.63) is 61.7 Å². The van der Waals surface area contributed by atoms with Crippen LogP contribution in [0.5, 0.6) is 0 Å². The zero-order chi connectivity index (χ0) is 15.5. The molecule has 22 heavy (non-hydrogen) atoms. The number of rotatable bonds is 4. The first kappa shape index (κ1) is 15.4. The molecule has 0 fully saturated rings. The van der Waals surface area contributed by atoms with Gasteiger partial charge < -0.3 is 5.32 Å². The molecule has 3 nitrogen and oxygen atoms in total. The standard InChI is InChI=1S/C16H13BrN2OS2/c1-10-19-14(9-21-10)15-7-6-13(22-15)8-18-16(20)11-2-4-12(17)5-3-11/h2-7,9H,8H2,1H3,(H,18,20). The SMILES string of the molecule is Cc1nc(-c2ccc(CNC(=O)c3ccc(Br)cc3)s2)cs1. The van der Waals surface area contributed by atoms with E-state index < -0.39 is 0 Å². The monoisotopic (exact) mass is 392 g/mol. The molecule has 0 saturated carbocycles. The van der Waals surface area contributed by atoms with Crippen LogP contribution in [-0.2, 0) is 6.54 Å². The highest BCUT2D eigenvalue weighted by molar-refractivity contribution is 9.10. The van der Waals surface area contributed by atoms with Crippen molar-refractivity contribution >= 4 is 44.5 Å². The Morgan fingerprint density at radius 1 is 1.23 bits per heavy atom. The number of hydrogen-bond acceptors (Lipinski definition) is 4. The van der Waals surface area contributed by atoms with Crippen LogP contribution in [0.4, 0.5) is 0 Å². The maximum atomic E-state index is 12.1. The van der Waals surface area contributed by atoms with E-state index in [9.17, 15) is 4.79 Å². The van der Waals surface area contributed by atoms with Gasteiger partial charge in [0.05, 0.1) is 22.1 Å². The van der Waals surface area contributed by atoms with Crippen molar-refractivity contribution in [3.8, 4) is 10.6 Å². The lowest BCUT2D eigenvalue weighted by molar-refractivity contribution is 0.0951. The molecule has 0 bridgehead atoms. The zero-order valence-corrected chi connectivity index (χ0v) is 15.0. The van der Waals surface area contributed by atoms with E-state index in [1.165, 1.54) is 0 Å². The van der Waals surface area contributed by atoms with Crippen molar-refractivity contribution in [2.24, 2.45) is 0 Å². The lowest BCUT2D eigenvalue weighted by Gasteiger charge is -2.03. The van der Waals surface area contributed by atoms with Gasteiger partial charge in [-0.1, -0.05) is 15.9 Å². The molecule has 1 N–H and O–H groups in total. The van der Waals surface area contributed by atoms with Crippen molar-refractivity contribution in [2.45, 2.75) is 13.5 Å². The summed E-state index contributed by atoms with van der Waals surface area (Å²) in [6.07, 6.45) is 0. The molecule has 3 rings (SSSR count). The zero-order valence-electron chi connectivity index (χ0n) is 11.8. The van der Waals surface area contributed by atoms with Gasteiger partial charge in [-0.05, 0) is 43.3 Å². The third kappa shape index (κ3) is 3.63. The summed E-state index contributed by atoms with van der Waals surface area (Å²) in [6.45, 7) is 2.53. The van der Waals surface area contributed by atoms with Crippen molar-refractivity contribution in [2.75, 3.05) is 0 Å². The molecule has 0 aliphatic heterocycles. The smallest absolute Gasteiger partial charge is 0.251 e. The lowest BCUT2D eigenvalue weighted by atomic mass is 10.2. The highest BCUT2D eigenvalue weighted by Crippen LogP contribution is 2.28. The Balaban J connectivity index is 1.63. The Kier molecular flexibility index (Phi) is 4.71. The molecule has 0 radical (unpaired) electrons. The molecule has 2 heterocycles. The van der Waals surface area contributed by atoms with E-state index in [4.69, 9.17) is 0 Å². The average Bonchev–Trinajstić information content (AvgIpc) is 3.14. The van der Waals surface area contributed by atoms with Crippen LogP contribution in [0.3, 0.4) is 0 Å². The number of aromatic nitrogens is 1. The first-order valence-corrected chi connectivity index (χ1v) is 9.16. The number of thiophene rings is 1. The van der Waals surface area contributed by atoms with Gasteiger partial charge in [-0.15, -0.1) is 22.7 Å². The third-order valence-electron chi connectivity index (χ3n) is 3.06. The quantitative estimate of drug-likeness (QED) is 0.687. The summed E-state index contributed by atoms with van der Waals surface area (Å²) in [4.78, 5) is 18.8. The summed E-state index contributed by atoms with van der Waals surface area (Å²) >= 11 is 6.67. The first-order valence-electron chi connectivity index (χ1n) is 6.67. The fraction of sp³-hybridized carbons (Fsp3) is 0.125. The van der Waals surface area contributed by atoms with Crippen LogP contribution in [0.2, 0.25) is 0 Å². The molecule has 0 aliphatic rings. The van der Waals surface area contributed by atoms with Crippen molar-refractivity contribution in [3.63, 3.8) is 0 Å². The molecule has 6 heteroatoms. The van der Waals surface area contributed by atoms with Gasteiger partial charge in [0.1, 0.15) is 0 Å². The van der Waals surface area contributed by atoms with E-state index in [0.717, 1.165) is 24.9 Å². The van der Waals surface area contributed by atoms with Crippen LogP contribution >= 0.6 is 38.6 Å². The van der Waals surface area contributed by atoms with Crippen LogP contribution in [0.1, 0.15) is 20.2 Å². The van der Waals surface area contributed by atoms with Crippen LogP contribution < -0.4 is 5.32 Å². The van der Waals surface area contributed by atoms with E-state index >= 15 is 0 Å². The number of nitrogens with one attached hydrogen (secondary N) is 1. The van der Waals surface area contributed by atoms with E-state index in [0.29, 0.717) is 12.1 Å². The molecular weight excluding hydrogens is 380 g/mol. The predicted molar refractivity (Wildman–Crippen MR) is 95.5 cm³/mol. The van der Waals surface area contributed by atoms with Gasteiger partial charge in [0.2, 0.25) is 0 Å². The minimum absolute atomic E-state index is 0.0630. The highest BCUT2D eigenvalue weighted by Gasteiger charge is 2.08. The third-order valence-corrected chi connectivity index (χ3v) is 5.47. The number of hydrogen-bond donors (Lipinski definition) is 1. The second-order valence-electron chi connectivity index (χ2n) is 4.71. The number of aryl methyl sites for hydroxylation is 1. The van der Waals surface area contributed by atoms with Crippen molar-refractivity contribution in [1.29, 1.82) is 0 Å². The molecule has 3 aromatic rings. The summed E-state index contributed by atoms with van der Waals surface area (Å²) in [6, 6.07) is 11.4. The number of amides is 1. The number of carbonyl (C=O) groups excluding carboxylic acids is 1. The summed E-state index contributed by atoms with van der Waals surface area (Å²) < 4.78 is 0.963. The second-order valence-corrected chi connectivity index (χ2v) is 7.85. The Morgan fingerprint density at radius 3 is 2.68 bits per heavy atom. The number of benzene rings is 1. The number of halogens is 1. The summed E-state index contributed by atoms with van der Waals surface area (Å²) in [5.74, 6) is -0.0630. The van der Waals surface area contributed by atoms with E-state index in [2.05, 4.69) is 37.7 Å². The summed E-state index contributed by atoms with van der Waals surface area (Å²) in [5, 5.41) is 6.07. The summed E-state index contributed by atoms with van der Waals surface area (Å²) in [7, 11) is 0. The van der Waals surface area contributed by atoms with Crippen molar-refractivity contribution in [1.82, 2.24) is 10.3 Å². The van der Waals surface area contributed by atoms with E-state index in [-0.39, 0.29) is 5.91 Å². The predicted octanol–water partition coefficient (Wildman–Crippen LogP) is 4.87. The molecule has 0 saturated heterocycles. The molecule has 0 aliphatic carbocycles. The Hall–Kier alpha value is -1.50. The fourth-order valence-corrected chi connectivity index (χ4v) is 3.82. The van der Waals surface area contributed by atoms with Gasteiger partial charge in [0, 0.05) is 20.3 Å². The minimum Gasteiger partial charge on any atom is -0.347 e. The fourth-order valence-electron chi connectivity index (χ4n) is 1.96. The maximum absolute atomic E-state index is 12.1. The van der Waals surface area contributed by atoms with Crippen molar-refractivity contribution < 1.29 is 4.79 Å². The number of carbonyl (C=O) groups is 1. The first-order chi connectivity index (χ1) is 10.6. The number of thiazole rings is 1. The Morgan fingerprint density at radius 2 is 2.00 bits per heavy atom. The minimum atomic E-state index is -0.0630. The van der Waals surface area contributed by atoms with E-state index in [1.807, 2.05) is 25.1 Å². The largest absolute Gasteiger partial charge is 0.347 e. The van der Waals surface area contributed by atoms with Gasteiger partial charge in [-0.2, -0.15) is 0 Å². The molecule has 1 aromatic carbocycles. The lowest BCUT2D eigenvalue weighted by Crippen LogP contribution is -2.22. The molecule has 112 valence electrons. The van der Waals surface area contributed by atoms with Gasteiger partial charge in [0.15, 0.2) is 0 Å². The maximum Gasteiger partial charge on any atom is 0.251 e. The van der Waals surface area contributed by atoms with Gasteiger partial charge in [-0.3, -0.25) is 4.79 Å². The Labute approximate surface area is 145 Å². The normalized spacial score (nSPS) is 10.6. The molecule has 2 aromatic heterocycles. The van der Waals surface area contributed by atoms with E-state index in [1.54, 1.807) is 34.8 Å². The molecule has 0 unspecified atom stereocenters. The molecular formula is C16H13BrN2OS2. The topological polar surface area (TPSA) is 42.0 Å². The average molecular weight is 393 g/mol. The van der Waals surface area contributed by atoms with Gasteiger partial charge >= 0.3 is 0 Å². The highest BCUT2D eigenvalue weighted by atomic mass is 79.9. The molecule has 1 amide bonds. The summed E-state index contributed by atoms with van der Waals surface area (Å²) in [5.41, 5.74) is 1.67. The molecule has 0 spiro atoms. The molecule has 0 atom stereocenters. The van der Waals surface area contributed by atoms with Crippen LogP contribution in [0.15, 0.2) is 46.3 Å². The number of nitrogens with zero attached hydrogens (tertiary/aromatic N) is 1. The van der Waals surface area contributed by atoms with Crippen LogP contribution in [0.25, 0.3) is 10.6 Å². The second kappa shape index (κ2) is 6.73. The van der Waals surface area contributed by atoms with Crippen LogP contribution in [-0.4, -0.2) is 10.9 Å². The Bertz CT molecular complexity index is 793.